The standard InChI is InChI=1S/C24H29N7O3S2/c1-36(32,33)29-16-5-7-30(8-6-16)15-17-13-21-22(35-17)24(31-9-11-34-12-10-31)27-23(26-21)18-3-2-4-20-19(18)14-25-28-20/h2-4,13-14,16,29H,5-12,15H2,1H3,(H,25,28). The predicted octanol–water partition coefficient (Wildman–Crippen LogP) is 2.58. The van der Waals surface area contributed by atoms with E-state index in [0.29, 0.717) is 19.0 Å². The lowest BCUT2D eigenvalue weighted by molar-refractivity contribution is 0.122. The fraction of sp³-hybridized carbons (Fsp3) is 0.458. The first-order valence-electron chi connectivity index (χ1n) is 12.2. The van der Waals surface area contributed by atoms with Crippen molar-refractivity contribution < 1.29 is 13.2 Å². The Kier molecular flexibility index (Phi) is 6.38. The van der Waals surface area contributed by atoms with E-state index in [4.69, 9.17) is 14.7 Å². The van der Waals surface area contributed by atoms with E-state index in [1.54, 1.807) is 11.3 Å². The Morgan fingerprint density at radius 3 is 2.75 bits per heavy atom. The zero-order valence-electron chi connectivity index (χ0n) is 20.1. The Hall–Kier alpha value is -2.64. The number of nitrogens with zero attached hydrogens (tertiary/aromatic N) is 5. The molecule has 4 aromatic rings. The van der Waals surface area contributed by atoms with Gasteiger partial charge in [-0.3, -0.25) is 10.00 Å². The maximum absolute atomic E-state index is 11.6. The third kappa shape index (κ3) is 4.96. The lowest BCUT2D eigenvalue weighted by atomic mass is 10.1. The van der Waals surface area contributed by atoms with Crippen LogP contribution in [0.4, 0.5) is 5.82 Å². The minimum atomic E-state index is -3.17. The molecule has 3 aromatic heterocycles. The Morgan fingerprint density at radius 1 is 1.17 bits per heavy atom. The van der Waals surface area contributed by atoms with E-state index < -0.39 is 10.0 Å². The van der Waals surface area contributed by atoms with Crippen LogP contribution < -0.4 is 9.62 Å². The molecule has 0 unspecified atom stereocenters. The number of sulfonamides is 1. The van der Waals surface area contributed by atoms with Crippen LogP contribution in [0.1, 0.15) is 17.7 Å². The number of ether oxygens (including phenoxy) is 1. The molecule has 6 rings (SSSR count). The number of nitrogens with one attached hydrogen (secondary N) is 2. The third-order valence-corrected chi connectivity index (χ3v) is 8.66. The summed E-state index contributed by atoms with van der Waals surface area (Å²) < 4.78 is 32.6. The molecular weight excluding hydrogens is 498 g/mol. The van der Waals surface area contributed by atoms with Crippen LogP contribution in [-0.2, 0) is 21.3 Å². The molecule has 0 atom stereocenters. The van der Waals surface area contributed by atoms with E-state index in [-0.39, 0.29) is 6.04 Å². The summed E-state index contributed by atoms with van der Waals surface area (Å²) in [6, 6.07) is 8.25. The Labute approximate surface area is 213 Å². The van der Waals surface area contributed by atoms with Crippen molar-refractivity contribution in [1.29, 1.82) is 0 Å². The van der Waals surface area contributed by atoms with Crippen molar-refractivity contribution in [3.8, 4) is 11.4 Å². The summed E-state index contributed by atoms with van der Waals surface area (Å²) in [5, 5.41) is 8.25. The van der Waals surface area contributed by atoms with Crippen LogP contribution in [0.25, 0.3) is 32.5 Å². The van der Waals surface area contributed by atoms with Crippen molar-refractivity contribution in [2.45, 2.75) is 25.4 Å². The van der Waals surface area contributed by atoms with Crippen LogP contribution in [0.15, 0.2) is 30.5 Å². The second-order valence-electron chi connectivity index (χ2n) is 9.47. The SMILES string of the molecule is CS(=O)(=O)NC1CCN(Cc2cc3nc(-c4cccc5[nH]ncc45)nc(N4CCOCC4)c3s2)CC1. The monoisotopic (exact) mass is 527 g/mol. The number of likely N-dealkylation sites (tertiary alicyclic amines) is 1. The molecule has 0 radical (unpaired) electrons. The minimum Gasteiger partial charge on any atom is -0.378 e. The van der Waals surface area contributed by atoms with E-state index in [1.165, 1.54) is 11.1 Å². The summed E-state index contributed by atoms with van der Waals surface area (Å²) in [7, 11) is -3.17. The van der Waals surface area contributed by atoms with Gasteiger partial charge in [-0.05, 0) is 25.0 Å². The minimum absolute atomic E-state index is 0.0191. The highest BCUT2D eigenvalue weighted by molar-refractivity contribution is 7.88. The summed E-state index contributed by atoms with van der Waals surface area (Å²) >= 11 is 1.75. The first-order chi connectivity index (χ1) is 17.4. The quantitative estimate of drug-likeness (QED) is 0.393. The topological polar surface area (TPSA) is 116 Å². The van der Waals surface area contributed by atoms with Crippen molar-refractivity contribution >= 4 is 48.3 Å². The van der Waals surface area contributed by atoms with Crippen LogP contribution in [0.5, 0.6) is 0 Å². The number of thiophene rings is 1. The Balaban J connectivity index is 1.31. The number of piperidine rings is 1. The van der Waals surface area contributed by atoms with Crippen molar-refractivity contribution in [2.24, 2.45) is 0 Å². The molecule has 36 heavy (non-hydrogen) atoms. The maximum atomic E-state index is 11.6. The van der Waals surface area contributed by atoms with Gasteiger partial charge in [0.25, 0.3) is 0 Å². The van der Waals surface area contributed by atoms with Crippen LogP contribution in [0.2, 0.25) is 0 Å². The van der Waals surface area contributed by atoms with Crippen LogP contribution in [0, 0.1) is 0 Å². The van der Waals surface area contributed by atoms with Gasteiger partial charge in [-0.2, -0.15) is 5.10 Å². The third-order valence-electron chi connectivity index (χ3n) is 6.79. The number of hydrogen-bond donors (Lipinski definition) is 2. The molecule has 0 amide bonds. The molecule has 2 aliphatic rings. The van der Waals surface area contributed by atoms with E-state index >= 15 is 0 Å². The molecule has 10 nitrogen and oxygen atoms in total. The largest absolute Gasteiger partial charge is 0.378 e. The van der Waals surface area contributed by atoms with E-state index in [0.717, 1.165) is 78.1 Å². The van der Waals surface area contributed by atoms with Crippen molar-refractivity contribution in [3.05, 3.63) is 35.3 Å². The number of H-pyrrole nitrogens is 1. The van der Waals surface area contributed by atoms with Gasteiger partial charge in [0.1, 0.15) is 0 Å². The smallest absolute Gasteiger partial charge is 0.208 e. The van der Waals surface area contributed by atoms with Crippen LogP contribution in [-0.4, -0.2) is 85.2 Å². The summed E-state index contributed by atoms with van der Waals surface area (Å²) in [4.78, 5) is 16.0. The molecule has 2 N–H and O–H groups in total. The number of aromatic amines is 1. The van der Waals surface area contributed by atoms with Gasteiger partial charge >= 0.3 is 0 Å². The van der Waals surface area contributed by atoms with Crippen molar-refractivity contribution in [1.82, 2.24) is 29.8 Å². The molecule has 2 fully saturated rings. The number of fused-ring (bicyclic) bond motifs is 2. The fourth-order valence-electron chi connectivity index (χ4n) is 5.05. The van der Waals surface area contributed by atoms with E-state index in [9.17, 15) is 8.42 Å². The number of rotatable bonds is 6. The molecule has 0 bridgehead atoms. The molecular formula is C24H29N7O3S2. The average Bonchev–Trinajstić information content (AvgIpc) is 3.51. The number of benzene rings is 1. The van der Waals surface area contributed by atoms with Crippen molar-refractivity contribution in [2.75, 3.05) is 50.5 Å². The summed E-state index contributed by atoms with van der Waals surface area (Å²) in [6.45, 7) is 5.51. The van der Waals surface area contributed by atoms with Crippen molar-refractivity contribution in [3.63, 3.8) is 0 Å². The highest BCUT2D eigenvalue weighted by Crippen LogP contribution is 2.36. The lowest BCUT2D eigenvalue weighted by Crippen LogP contribution is -2.43. The lowest BCUT2D eigenvalue weighted by Gasteiger charge is -2.31. The first kappa shape index (κ1) is 23.7. The van der Waals surface area contributed by atoms with Gasteiger partial charge < -0.3 is 9.64 Å². The van der Waals surface area contributed by atoms with Gasteiger partial charge in [0, 0.05) is 54.6 Å². The molecule has 0 spiro atoms. The molecule has 190 valence electrons. The average molecular weight is 528 g/mol. The zero-order valence-corrected chi connectivity index (χ0v) is 21.7. The Morgan fingerprint density at radius 2 is 1.97 bits per heavy atom. The maximum Gasteiger partial charge on any atom is 0.208 e. The Bertz CT molecular complexity index is 1490. The van der Waals surface area contributed by atoms with Gasteiger partial charge in [-0.15, -0.1) is 11.3 Å². The molecule has 2 saturated heterocycles. The number of hydrogen-bond acceptors (Lipinski definition) is 9. The van der Waals surface area contributed by atoms with Crippen LogP contribution >= 0.6 is 11.3 Å². The van der Waals surface area contributed by atoms with Gasteiger partial charge in [-0.1, -0.05) is 12.1 Å². The molecule has 2 aliphatic heterocycles. The highest BCUT2D eigenvalue weighted by atomic mass is 32.2. The molecule has 0 aliphatic carbocycles. The van der Waals surface area contributed by atoms with E-state index in [2.05, 4.69) is 30.8 Å². The second kappa shape index (κ2) is 9.67. The normalized spacial score (nSPS) is 18.4. The molecule has 1 aromatic carbocycles. The van der Waals surface area contributed by atoms with Gasteiger partial charge in [0.05, 0.1) is 41.4 Å². The molecule has 5 heterocycles. The van der Waals surface area contributed by atoms with Gasteiger partial charge in [0.2, 0.25) is 10.0 Å². The highest BCUT2D eigenvalue weighted by Gasteiger charge is 2.24. The molecule has 0 saturated carbocycles. The fourth-order valence-corrected chi connectivity index (χ4v) is 7.04. The number of aromatic nitrogens is 4. The predicted molar refractivity (Wildman–Crippen MR) is 142 cm³/mol. The van der Waals surface area contributed by atoms with Crippen LogP contribution in [0.3, 0.4) is 0 Å². The summed E-state index contributed by atoms with van der Waals surface area (Å²) in [6.07, 6.45) is 4.68. The summed E-state index contributed by atoms with van der Waals surface area (Å²) in [5.41, 5.74) is 2.88. The zero-order chi connectivity index (χ0) is 24.7. The van der Waals surface area contributed by atoms with E-state index in [1.807, 2.05) is 24.4 Å². The number of anilines is 1. The number of morpholine rings is 1. The second-order valence-corrected chi connectivity index (χ2v) is 12.4. The molecule has 12 heteroatoms. The van der Waals surface area contributed by atoms with Gasteiger partial charge in [-0.25, -0.2) is 23.1 Å². The summed E-state index contributed by atoms with van der Waals surface area (Å²) in [5.74, 6) is 1.67. The first-order valence-corrected chi connectivity index (χ1v) is 14.9. The van der Waals surface area contributed by atoms with Gasteiger partial charge in [0.15, 0.2) is 11.6 Å².